The van der Waals surface area contributed by atoms with Gasteiger partial charge < -0.3 is 5.11 Å². The first-order valence-corrected chi connectivity index (χ1v) is 7.66. The number of pyridine rings is 1. The Labute approximate surface area is 118 Å². The van der Waals surface area contributed by atoms with Crippen LogP contribution in [0.4, 0.5) is 5.69 Å². The van der Waals surface area contributed by atoms with E-state index in [9.17, 15) is 13.2 Å². The zero-order valence-electron chi connectivity index (χ0n) is 9.06. The predicted octanol–water partition coefficient (Wildman–Crippen LogP) is 2.10. The number of carbonyl (C=O) groups is 1. The van der Waals surface area contributed by atoms with E-state index in [-0.39, 0.29) is 29.4 Å². The van der Waals surface area contributed by atoms with Crippen molar-refractivity contribution < 1.29 is 18.3 Å². The molecule has 0 aliphatic heterocycles. The van der Waals surface area contributed by atoms with Crippen molar-refractivity contribution in [1.82, 2.24) is 4.98 Å². The molecule has 0 fully saturated rings. The van der Waals surface area contributed by atoms with Crippen molar-refractivity contribution >= 4 is 49.2 Å². The van der Waals surface area contributed by atoms with Gasteiger partial charge in [0.15, 0.2) is 5.15 Å². The van der Waals surface area contributed by atoms with Crippen LogP contribution in [0, 0.1) is 0 Å². The lowest BCUT2D eigenvalue weighted by Gasteiger charge is -2.08. The maximum Gasteiger partial charge on any atom is 0.303 e. The lowest BCUT2D eigenvalue weighted by molar-refractivity contribution is -0.137. The van der Waals surface area contributed by atoms with Crippen LogP contribution in [0.25, 0.3) is 0 Å². The molecule has 9 heteroatoms. The Bertz CT molecular complexity index is 549. The summed E-state index contributed by atoms with van der Waals surface area (Å²) in [5.74, 6) is -1.32. The number of carboxylic acids is 1. The molecule has 2 N–H and O–H groups in total. The first kappa shape index (κ1) is 15.2. The molecule has 1 rings (SSSR count). The van der Waals surface area contributed by atoms with Crippen LogP contribution in [0.1, 0.15) is 12.8 Å². The highest BCUT2D eigenvalue weighted by Gasteiger charge is 2.14. The molecule has 100 valence electrons. The summed E-state index contributed by atoms with van der Waals surface area (Å²) in [7, 11) is -3.63. The highest BCUT2D eigenvalue weighted by Crippen LogP contribution is 2.24. The average molecular weight is 358 g/mol. The van der Waals surface area contributed by atoms with Crippen molar-refractivity contribution in [3.8, 4) is 0 Å². The first-order chi connectivity index (χ1) is 8.30. The standard InChI is InChI=1S/C9H10BrClN2O4S/c10-6-4-7(9(11)12-5-6)13-18(16,17)3-1-2-8(14)15/h4-5,13H,1-3H2,(H,14,15). The molecule has 0 unspecified atom stereocenters. The molecule has 1 heterocycles. The predicted molar refractivity (Wildman–Crippen MR) is 71.2 cm³/mol. The molecule has 0 bridgehead atoms. The van der Waals surface area contributed by atoms with Crippen molar-refractivity contribution in [3.05, 3.63) is 21.9 Å². The minimum atomic E-state index is -3.63. The molecule has 0 saturated carbocycles. The number of anilines is 1. The maximum atomic E-state index is 11.6. The molecular formula is C9H10BrClN2O4S. The number of aliphatic carboxylic acids is 1. The Balaban J connectivity index is 2.70. The van der Waals surface area contributed by atoms with E-state index >= 15 is 0 Å². The van der Waals surface area contributed by atoms with Gasteiger partial charge in [0, 0.05) is 17.1 Å². The largest absolute Gasteiger partial charge is 0.481 e. The van der Waals surface area contributed by atoms with Gasteiger partial charge in [-0.25, -0.2) is 13.4 Å². The van der Waals surface area contributed by atoms with Gasteiger partial charge in [0.25, 0.3) is 0 Å². The van der Waals surface area contributed by atoms with Crippen molar-refractivity contribution in [3.63, 3.8) is 0 Å². The number of halogens is 2. The second-order valence-electron chi connectivity index (χ2n) is 3.41. The first-order valence-electron chi connectivity index (χ1n) is 4.83. The third-order valence-electron chi connectivity index (χ3n) is 1.87. The quantitative estimate of drug-likeness (QED) is 0.760. The van der Waals surface area contributed by atoms with Gasteiger partial charge in [-0.05, 0) is 28.4 Å². The summed E-state index contributed by atoms with van der Waals surface area (Å²) in [5, 5.41) is 8.46. The van der Waals surface area contributed by atoms with Gasteiger partial charge >= 0.3 is 5.97 Å². The molecule has 1 aromatic rings. The van der Waals surface area contributed by atoms with Gasteiger partial charge in [-0.2, -0.15) is 0 Å². The maximum absolute atomic E-state index is 11.6. The lowest BCUT2D eigenvalue weighted by atomic mass is 10.3. The summed E-state index contributed by atoms with van der Waals surface area (Å²) in [6.45, 7) is 0. The molecule has 6 nitrogen and oxygen atoms in total. The average Bonchev–Trinajstić information content (AvgIpc) is 2.22. The van der Waals surface area contributed by atoms with E-state index in [2.05, 4.69) is 25.6 Å². The third kappa shape index (κ3) is 5.19. The number of sulfonamides is 1. The fourth-order valence-electron chi connectivity index (χ4n) is 1.13. The number of rotatable bonds is 6. The van der Waals surface area contributed by atoms with E-state index < -0.39 is 16.0 Å². The van der Waals surface area contributed by atoms with Crippen LogP contribution in [0.15, 0.2) is 16.7 Å². The van der Waals surface area contributed by atoms with Crippen LogP contribution in [0.5, 0.6) is 0 Å². The normalized spacial score (nSPS) is 11.2. The van der Waals surface area contributed by atoms with E-state index in [1.807, 2.05) is 0 Å². The minimum absolute atomic E-state index is 0.0278. The summed E-state index contributed by atoms with van der Waals surface area (Å²) < 4.78 is 26.1. The number of hydrogen-bond acceptors (Lipinski definition) is 4. The molecule has 0 radical (unpaired) electrons. The van der Waals surface area contributed by atoms with Gasteiger partial charge in [0.05, 0.1) is 11.4 Å². The van der Waals surface area contributed by atoms with E-state index in [1.165, 1.54) is 12.3 Å². The van der Waals surface area contributed by atoms with Gasteiger partial charge in [0.2, 0.25) is 10.0 Å². The van der Waals surface area contributed by atoms with Crippen molar-refractivity contribution in [2.45, 2.75) is 12.8 Å². The molecular weight excluding hydrogens is 348 g/mol. The molecule has 0 spiro atoms. The molecule has 0 saturated heterocycles. The highest BCUT2D eigenvalue weighted by atomic mass is 79.9. The number of nitrogens with zero attached hydrogens (tertiary/aromatic N) is 1. The molecule has 0 atom stereocenters. The van der Waals surface area contributed by atoms with Crippen LogP contribution in [-0.4, -0.2) is 30.2 Å². The summed E-state index contributed by atoms with van der Waals surface area (Å²) in [4.78, 5) is 14.1. The van der Waals surface area contributed by atoms with Crippen LogP contribution in [0.2, 0.25) is 5.15 Å². The molecule has 0 amide bonds. The molecule has 0 aromatic carbocycles. The number of nitrogens with one attached hydrogen (secondary N) is 1. The highest BCUT2D eigenvalue weighted by molar-refractivity contribution is 9.10. The zero-order valence-corrected chi connectivity index (χ0v) is 12.2. The van der Waals surface area contributed by atoms with E-state index in [0.29, 0.717) is 4.47 Å². The lowest BCUT2D eigenvalue weighted by Crippen LogP contribution is -2.17. The summed E-state index contributed by atoms with van der Waals surface area (Å²) in [5.41, 5.74) is 0.154. The number of carboxylic acid groups (broad SMARTS) is 1. The second-order valence-corrected chi connectivity index (χ2v) is 6.53. The number of hydrogen-bond donors (Lipinski definition) is 2. The molecule has 0 aliphatic rings. The monoisotopic (exact) mass is 356 g/mol. The van der Waals surface area contributed by atoms with Crippen molar-refractivity contribution in [2.75, 3.05) is 10.5 Å². The summed E-state index contributed by atoms with van der Waals surface area (Å²) >= 11 is 8.88. The second kappa shape index (κ2) is 6.35. The van der Waals surface area contributed by atoms with Crippen molar-refractivity contribution in [1.29, 1.82) is 0 Å². The smallest absolute Gasteiger partial charge is 0.303 e. The van der Waals surface area contributed by atoms with Crippen LogP contribution in [-0.2, 0) is 14.8 Å². The van der Waals surface area contributed by atoms with E-state index in [1.54, 1.807) is 0 Å². The van der Waals surface area contributed by atoms with Gasteiger partial charge in [-0.1, -0.05) is 11.6 Å². The summed E-state index contributed by atoms with van der Waals surface area (Å²) in [6, 6.07) is 1.48. The zero-order chi connectivity index (χ0) is 13.8. The van der Waals surface area contributed by atoms with Gasteiger partial charge in [-0.3, -0.25) is 9.52 Å². The Morgan fingerprint density at radius 3 is 2.83 bits per heavy atom. The molecule has 0 aliphatic carbocycles. The van der Waals surface area contributed by atoms with Crippen LogP contribution in [0.3, 0.4) is 0 Å². The molecule has 1 aromatic heterocycles. The van der Waals surface area contributed by atoms with Crippen LogP contribution < -0.4 is 4.72 Å². The number of aromatic nitrogens is 1. The third-order valence-corrected chi connectivity index (χ3v) is 3.97. The summed E-state index contributed by atoms with van der Waals surface area (Å²) in [6.07, 6.45) is 1.26. The fourth-order valence-corrected chi connectivity index (χ4v) is 2.78. The van der Waals surface area contributed by atoms with Gasteiger partial charge in [0.1, 0.15) is 0 Å². The Morgan fingerprint density at radius 1 is 1.56 bits per heavy atom. The SMILES string of the molecule is O=C(O)CCCS(=O)(=O)Nc1cc(Br)cnc1Cl. The van der Waals surface area contributed by atoms with Crippen molar-refractivity contribution in [2.24, 2.45) is 0 Å². The van der Waals surface area contributed by atoms with E-state index in [4.69, 9.17) is 16.7 Å². The van der Waals surface area contributed by atoms with Crippen LogP contribution >= 0.6 is 27.5 Å². The Morgan fingerprint density at radius 2 is 2.22 bits per heavy atom. The van der Waals surface area contributed by atoms with Gasteiger partial charge in [-0.15, -0.1) is 0 Å². The van der Waals surface area contributed by atoms with E-state index in [0.717, 1.165) is 0 Å². The molecule has 18 heavy (non-hydrogen) atoms. The fraction of sp³-hybridized carbons (Fsp3) is 0.333. The minimum Gasteiger partial charge on any atom is -0.481 e. The Kier molecular flexibility index (Phi) is 5.36. The topological polar surface area (TPSA) is 96.4 Å². The Hall–Kier alpha value is -0.860.